The molecule has 154 valence electrons. The van der Waals surface area contributed by atoms with Crippen molar-refractivity contribution in [3.8, 4) is 0 Å². The van der Waals surface area contributed by atoms with Crippen molar-refractivity contribution in [1.82, 2.24) is 14.5 Å². The second-order valence-corrected chi connectivity index (χ2v) is 7.17. The zero-order valence-corrected chi connectivity index (χ0v) is 15.8. The Balaban J connectivity index is 1.66. The molecular weight excluding hydrogens is 386 g/mol. The lowest BCUT2D eigenvalue weighted by atomic mass is 10.00. The van der Waals surface area contributed by atoms with Crippen LogP contribution in [0.25, 0.3) is 0 Å². The van der Waals surface area contributed by atoms with Crippen molar-refractivity contribution < 1.29 is 27.8 Å². The van der Waals surface area contributed by atoms with Gasteiger partial charge in [-0.3, -0.25) is 14.3 Å². The highest BCUT2D eigenvalue weighted by Crippen LogP contribution is 2.36. The maximum absolute atomic E-state index is 14.6. The Kier molecular flexibility index (Phi) is 4.83. The molecule has 1 aromatic heterocycles. The number of hydrogen-bond acceptors (Lipinski definition) is 5. The van der Waals surface area contributed by atoms with E-state index in [-0.39, 0.29) is 38.7 Å². The summed E-state index contributed by atoms with van der Waals surface area (Å²) in [6, 6.07) is 8.18. The van der Waals surface area contributed by atoms with Crippen LogP contribution in [0.15, 0.2) is 42.7 Å². The quantitative estimate of drug-likeness (QED) is 0.751. The van der Waals surface area contributed by atoms with Crippen LogP contribution < -0.4 is 4.90 Å². The first kappa shape index (κ1) is 19.5. The summed E-state index contributed by atoms with van der Waals surface area (Å²) in [5, 5.41) is 0. The Morgan fingerprint density at radius 2 is 1.97 bits per heavy atom. The Hall–Kier alpha value is -2.85. The fourth-order valence-corrected chi connectivity index (χ4v) is 3.63. The molecule has 10 heteroatoms. The molecule has 1 aromatic carbocycles. The molecule has 2 saturated heterocycles. The van der Waals surface area contributed by atoms with E-state index in [4.69, 9.17) is 9.47 Å². The monoisotopic (exact) mass is 406 g/mol. The van der Waals surface area contributed by atoms with Gasteiger partial charge in [0.25, 0.3) is 5.91 Å². The summed E-state index contributed by atoms with van der Waals surface area (Å²) in [5.74, 6) is -1.68. The van der Waals surface area contributed by atoms with E-state index in [2.05, 4.69) is 4.98 Å². The average Bonchev–Trinajstić information content (AvgIpc) is 3.02. The maximum atomic E-state index is 14.6. The number of carbonyl (C=O) groups is 2. The van der Waals surface area contributed by atoms with Gasteiger partial charge in [0.05, 0.1) is 26.3 Å². The number of carbonyl (C=O) groups excluding carboxylic acids is 2. The standard InChI is InChI=1S/C19H20F2N4O4/c1-23-8-7-22-15(23)16(26)24-9-10-28-13-18(11-24)12-25(14-5-3-2-4-6-14)17(27)19(20,21)29-18/h2-8H,9-13H2,1H3. The zero-order chi connectivity index (χ0) is 20.6. The van der Waals surface area contributed by atoms with Crippen LogP contribution in [0, 0.1) is 0 Å². The number of halogens is 2. The van der Waals surface area contributed by atoms with Crippen LogP contribution in [0.3, 0.4) is 0 Å². The number of hydrogen-bond donors (Lipinski definition) is 0. The van der Waals surface area contributed by atoms with E-state index in [9.17, 15) is 18.4 Å². The number of anilines is 1. The molecular formula is C19H20F2N4O4. The molecule has 2 aliphatic heterocycles. The zero-order valence-electron chi connectivity index (χ0n) is 15.8. The third-order valence-electron chi connectivity index (χ3n) is 5.00. The topological polar surface area (TPSA) is 76.9 Å². The molecule has 2 aromatic rings. The van der Waals surface area contributed by atoms with Gasteiger partial charge in [0.15, 0.2) is 5.82 Å². The second kappa shape index (κ2) is 7.20. The number of morpholine rings is 1. The van der Waals surface area contributed by atoms with Crippen molar-refractivity contribution in [3.05, 3.63) is 48.5 Å². The normalized spacial score (nSPS) is 24.6. The van der Waals surface area contributed by atoms with Gasteiger partial charge in [0.1, 0.15) is 5.60 Å². The number of alkyl halides is 2. The first-order valence-corrected chi connectivity index (χ1v) is 9.11. The van der Waals surface area contributed by atoms with Crippen LogP contribution >= 0.6 is 0 Å². The number of ether oxygens (including phenoxy) is 2. The number of benzene rings is 1. The van der Waals surface area contributed by atoms with E-state index in [1.54, 1.807) is 48.1 Å². The van der Waals surface area contributed by atoms with Gasteiger partial charge in [0.2, 0.25) is 0 Å². The molecule has 2 aliphatic rings. The Morgan fingerprint density at radius 1 is 1.21 bits per heavy atom. The molecule has 0 saturated carbocycles. The van der Waals surface area contributed by atoms with Crippen molar-refractivity contribution >= 4 is 17.5 Å². The van der Waals surface area contributed by atoms with Crippen molar-refractivity contribution in [2.24, 2.45) is 7.05 Å². The number of para-hydroxylation sites is 1. The molecule has 1 atom stereocenters. The molecule has 0 radical (unpaired) electrons. The first-order valence-electron chi connectivity index (χ1n) is 9.11. The van der Waals surface area contributed by atoms with E-state index in [0.29, 0.717) is 5.69 Å². The molecule has 1 spiro atoms. The van der Waals surface area contributed by atoms with Crippen LogP contribution in [0.2, 0.25) is 0 Å². The summed E-state index contributed by atoms with van der Waals surface area (Å²) in [7, 11) is 1.67. The van der Waals surface area contributed by atoms with Gasteiger partial charge in [-0.25, -0.2) is 4.98 Å². The summed E-state index contributed by atoms with van der Waals surface area (Å²) >= 11 is 0. The molecule has 8 nitrogen and oxygen atoms in total. The minimum atomic E-state index is -4.04. The lowest BCUT2D eigenvalue weighted by Crippen LogP contribution is -2.66. The van der Waals surface area contributed by atoms with Crippen LogP contribution in [-0.4, -0.2) is 70.8 Å². The van der Waals surface area contributed by atoms with Gasteiger partial charge in [0, 0.05) is 31.7 Å². The minimum Gasteiger partial charge on any atom is -0.376 e. The summed E-state index contributed by atoms with van der Waals surface area (Å²) < 4.78 is 41.2. The average molecular weight is 406 g/mol. The Labute approximate surface area is 165 Å². The Bertz CT molecular complexity index is 920. The third kappa shape index (κ3) is 3.60. The van der Waals surface area contributed by atoms with Gasteiger partial charge in [-0.2, -0.15) is 8.78 Å². The van der Waals surface area contributed by atoms with E-state index in [1.807, 2.05) is 0 Å². The van der Waals surface area contributed by atoms with Gasteiger partial charge >= 0.3 is 12.0 Å². The van der Waals surface area contributed by atoms with E-state index >= 15 is 0 Å². The fraction of sp³-hybridized carbons (Fsp3) is 0.421. The number of amides is 2. The minimum absolute atomic E-state index is 0.159. The molecule has 29 heavy (non-hydrogen) atoms. The van der Waals surface area contributed by atoms with Gasteiger partial charge in [-0.05, 0) is 12.1 Å². The first-order chi connectivity index (χ1) is 13.8. The number of aromatic nitrogens is 2. The maximum Gasteiger partial charge on any atom is 0.437 e. The molecule has 3 heterocycles. The third-order valence-corrected chi connectivity index (χ3v) is 5.00. The smallest absolute Gasteiger partial charge is 0.376 e. The van der Waals surface area contributed by atoms with E-state index in [1.165, 1.54) is 11.1 Å². The number of rotatable bonds is 2. The molecule has 0 aliphatic carbocycles. The molecule has 0 N–H and O–H groups in total. The van der Waals surface area contributed by atoms with Crippen molar-refractivity contribution in [2.75, 3.05) is 37.7 Å². The molecule has 1 unspecified atom stereocenters. The van der Waals surface area contributed by atoms with Crippen LogP contribution in [0.1, 0.15) is 10.6 Å². The predicted molar refractivity (Wildman–Crippen MR) is 97.5 cm³/mol. The number of imidazole rings is 1. The lowest BCUT2D eigenvalue weighted by Gasteiger charge is -2.45. The van der Waals surface area contributed by atoms with Crippen LogP contribution in [0.5, 0.6) is 0 Å². The van der Waals surface area contributed by atoms with Gasteiger partial charge in [-0.15, -0.1) is 0 Å². The lowest BCUT2D eigenvalue weighted by molar-refractivity contribution is -0.293. The Morgan fingerprint density at radius 3 is 2.66 bits per heavy atom. The van der Waals surface area contributed by atoms with Crippen molar-refractivity contribution in [1.29, 1.82) is 0 Å². The van der Waals surface area contributed by atoms with E-state index in [0.717, 1.165) is 4.90 Å². The number of nitrogens with zero attached hydrogens (tertiary/aromatic N) is 4. The fourth-order valence-electron chi connectivity index (χ4n) is 3.63. The summed E-state index contributed by atoms with van der Waals surface area (Å²) in [4.78, 5) is 31.6. The SMILES string of the molecule is Cn1ccnc1C(=O)N1CCOCC2(C1)CN(c1ccccc1)C(=O)C(F)(F)O2. The van der Waals surface area contributed by atoms with Crippen LogP contribution in [0.4, 0.5) is 14.5 Å². The highest BCUT2D eigenvalue weighted by molar-refractivity contribution is 5.98. The number of aryl methyl sites for hydroxylation is 1. The van der Waals surface area contributed by atoms with Crippen LogP contribution in [-0.2, 0) is 21.3 Å². The van der Waals surface area contributed by atoms with Crippen molar-refractivity contribution in [2.45, 2.75) is 11.7 Å². The summed E-state index contributed by atoms with van der Waals surface area (Å²) in [6.45, 7) is -0.155. The summed E-state index contributed by atoms with van der Waals surface area (Å²) in [5.41, 5.74) is -1.25. The predicted octanol–water partition coefficient (Wildman–Crippen LogP) is 1.29. The molecule has 2 fully saturated rings. The molecule has 4 rings (SSSR count). The summed E-state index contributed by atoms with van der Waals surface area (Å²) in [6.07, 6.45) is -0.934. The van der Waals surface area contributed by atoms with E-state index < -0.39 is 23.5 Å². The highest BCUT2D eigenvalue weighted by Gasteiger charge is 2.58. The largest absolute Gasteiger partial charge is 0.437 e. The highest BCUT2D eigenvalue weighted by atomic mass is 19.3. The molecule has 2 amide bonds. The van der Waals surface area contributed by atoms with Gasteiger partial charge < -0.3 is 19.1 Å². The second-order valence-electron chi connectivity index (χ2n) is 7.17. The molecule has 0 bridgehead atoms. The van der Waals surface area contributed by atoms with Crippen molar-refractivity contribution in [3.63, 3.8) is 0 Å². The van der Waals surface area contributed by atoms with Gasteiger partial charge in [-0.1, -0.05) is 18.2 Å².